The summed E-state index contributed by atoms with van der Waals surface area (Å²) < 4.78 is 48.8. The average molecular weight is 567 g/mol. The third-order valence-corrected chi connectivity index (χ3v) is 7.82. The summed E-state index contributed by atoms with van der Waals surface area (Å²) in [6, 6.07) is 6.49. The molecule has 1 atom stereocenters. The molecular weight excluding hydrogens is 537 g/mol. The smallest absolute Gasteiger partial charge is 0.416 e. The molecule has 13 heteroatoms. The number of rotatable bonds is 5. The summed E-state index contributed by atoms with van der Waals surface area (Å²) >= 11 is 0. The lowest BCUT2D eigenvalue weighted by molar-refractivity contribution is -0.138. The van der Waals surface area contributed by atoms with E-state index in [1.807, 2.05) is 22.8 Å². The van der Waals surface area contributed by atoms with Crippen LogP contribution < -0.4 is 14.5 Å². The molecule has 10 nitrogen and oxygen atoms in total. The van der Waals surface area contributed by atoms with Crippen LogP contribution >= 0.6 is 0 Å². The van der Waals surface area contributed by atoms with Gasteiger partial charge in [-0.15, -0.1) is 0 Å². The largest absolute Gasteiger partial charge is 0.467 e. The number of nitrogens with zero attached hydrogens (tertiary/aromatic N) is 8. The maximum absolute atomic E-state index is 14.0. The van der Waals surface area contributed by atoms with E-state index in [1.54, 1.807) is 41.6 Å². The highest BCUT2D eigenvalue weighted by molar-refractivity contribution is 5.79. The van der Waals surface area contributed by atoms with E-state index in [4.69, 9.17) is 4.74 Å². The van der Waals surface area contributed by atoms with Gasteiger partial charge in [-0.2, -0.15) is 13.2 Å². The number of methoxy groups -OCH3 is 1. The minimum Gasteiger partial charge on any atom is -0.467 e. The first-order chi connectivity index (χ1) is 19.7. The van der Waals surface area contributed by atoms with Gasteiger partial charge in [-0.25, -0.2) is 19.9 Å². The number of amides is 1. The molecule has 5 heterocycles. The van der Waals surface area contributed by atoms with Crippen LogP contribution in [0.1, 0.15) is 23.6 Å². The number of pyridine rings is 1. The Balaban J connectivity index is 1.23. The van der Waals surface area contributed by atoms with Crippen LogP contribution in [-0.2, 0) is 30.5 Å². The van der Waals surface area contributed by atoms with Gasteiger partial charge in [0, 0.05) is 50.6 Å². The number of anilines is 2. The number of fused-ring (bicyclic) bond motifs is 2. The van der Waals surface area contributed by atoms with E-state index in [1.165, 1.54) is 13.2 Å². The first-order valence-corrected chi connectivity index (χ1v) is 13.4. The first kappa shape index (κ1) is 26.8. The van der Waals surface area contributed by atoms with E-state index in [-0.39, 0.29) is 30.9 Å². The van der Waals surface area contributed by atoms with Gasteiger partial charge in [-0.3, -0.25) is 4.79 Å². The van der Waals surface area contributed by atoms with Crippen LogP contribution in [0.25, 0.3) is 11.2 Å². The summed E-state index contributed by atoms with van der Waals surface area (Å²) in [5.74, 6) is -0.0535. The van der Waals surface area contributed by atoms with Gasteiger partial charge in [0.15, 0.2) is 5.65 Å². The average Bonchev–Trinajstić information content (AvgIpc) is 3.38. The number of hydrogen-bond acceptors (Lipinski definition) is 8. The Morgan fingerprint density at radius 1 is 1.02 bits per heavy atom. The molecule has 1 aromatic carbocycles. The summed E-state index contributed by atoms with van der Waals surface area (Å²) in [6.07, 6.45) is 2.32. The molecule has 1 amide bonds. The maximum Gasteiger partial charge on any atom is 0.416 e. The van der Waals surface area contributed by atoms with Crippen molar-refractivity contribution in [3.05, 3.63) is 65.9 Å². The fraction of sp³-hybridized carbons (Fsp3) is 0.393. The molecule has 0 N–H and O–H groups in total. The summed E-state index contributed by atoms with van der Waals surface area (Å²) in [7, 11) is 1.47. The lowest BCUT2D eigenvalue weighted by Gasteiger charge is -2.43. The van der Waals surface area contributed by atoms with Crippen molar-refractivity contribution in [2.24, 2.45) is 0 Å². The highest BCUT2D eigenvalue weighted by Crippen LogP contribution is 2.40. The van der Waals surface area contributed by atoms with E-state index in [2.05, 4.69) is 24.8 Å². The number of ether oxygens (including phenoxy) is 1. The van der Waals surface area contributed by atoms with Crippen LogP contribution in [0.5, 0.6) is 6.01 Å². The molecular formula is C28H29F3N8O2. The van der Waals surface area contributed by atoms with Crippen LogP contribution in [0.2, 0.25) is 0 Å². The van der Waals surface area contributed by atoms with E-state index in [9.17, 15) is 18.0 Å². The van der Waals surface area contributed by atoms with Crippen molar-refractivity contribution in [2.45, 2.75) is 38.7 Å². The molecule has 1 saturated heterocycles. The number of imidazole rings is 1. The van der Waals surface area contributed by atoms with E-state index >= 15 is 0 Å². The van der Waals surface area contributed by atoms with Gasteiger partial charge < -0.3 is 24.0 Å². The third-order valence-electron chi connectivity index (χ3n) is 7.82. The van der Waals surface area contributed by atoms with Gasteiger partial charge in [-0.05, 0) is 48.7 Å². The molecule has 2 aliphatic rings. The minimum absolute atomic E-state index is 0.0535. The quantitative estimate of drug-likeness (QED) is 0.362. The molecule has 41 heavy (non-hydrogen) atoms. The van der Waals surface area contributed by atoms with Gasteiger partial charge in [0.05, 0.1) is 37.1 Å². The number of halogens is 3. The van der Waals surface area contributed by atoms with E-state index in [0.29, 0.717) is 55.2 Å². The normalized spacial score (nSPS) is 17.6. The summed E-state index contributed by atoms with van der Waals surface area (Å²) in [4.78, 5) is 36.1. The van der Waals surface area contributed by atoms with Gasteiger partial charge in [-0.1, -0.05) is 0 Å². The Hall–Kier alpha value is -4.42. The number of carbonyl (C=O) groups excluding carboxylic acids is 1. The lowest BCUT2D eigenvalue weighted by Crippen LogP contribution is -2.55. The molecule has 0 saturated carbocycles. The minimum atomic E-state index is -4.45. The van der Waals surface area contributed by atoms with Gasteiger partial charge in [0.1, 0.15) is 12.1 Å². The van der Waals surface area contributed by atoms with Crippen LogP contribution in [0.3, 0.4) is 0 Å². The predicted molar refractivity (Wildman–Crippen MR) is 146 cm³/mol. The topological polar surface area (TPSA) is 92.5 Å². The number of carbonyl (C=O) groups is 1. The number of hydrogen-bond donors (Lipinski definition) is 0. The predicted octanol–water partition coefficient (Wildman–Crippen LogP) is 3.55. The maximum atomic E-state index is 14.0. The van der Waals surface area contributed by atoms with E-state index in [0.717, 1.165) is 11.2 Å². The second kappa shape index (κ2) is 10.5. The highest BCUT2D eigenvalue weighted by atomic mass is 19.4. The molecule has 0 unspecified atom stereocenters. The van der Waals surface area contributed by atoms with Crippen molar-refractivity contribution < 1.29 is 22.7 Å². The number of alkyl halides is 3. The van der Waals surface area contributed by atoms with Crippen molar-refractivity contribution >= 4 is 28.4 Å². The Morgan fingerprint density at radius 2 is 1.83 bits per heavy atom. The third kappa shape index (κ3) is 5.11. The zero-order valence-corrected chi connectivity index (χ0v) is 22.7. The van der Waals surface area contributed by atoms with Crippen molar-refractivity contribution in [2.75, 3.05) is 43.1 Å². The standard InChI is InChI=1S/C28H29F3N8O2/c1-18-14-37(10-11-39(18)25(40)16-38-17-35-23-4-3-8-32-26(23)38)24-6-5-22(28(29,30)31)20-7-9-36(15-21(20)24)19-12-33-27(41-2)34-13-19/h3-6,8,12-13,17-18H,7,9-11,14-16H2,1-2H3/t18-/m1/s1. The molecule has 4 aromatic rings. The summed E-state index contributed by atoms with van der Waals surface area (Å²) in [5, 5.41) is 0. The van der Waals surface area contributed by atoms with Crippen LogP contribution in [0.15, 0.2) is 49.2 Å². The lowest BCUT2D eigenvalue weighted by atomic mass is 9.91. The summed E-state index contributed by atoms with van der Waals surface area (Å²) in [5.41, 5.74) is 3.22. The number of benzene rings is 1. The zero-order valence-electron chi connectivity index (χ0n) is 22.7. The van der Waals surface area contributed by atoms with Crippen LogP contribution in [0, 0.1) is 0 Å². The summed E-state index contributed by atoms with van der Waals surface area (Å²) in [6.45, 7) is 4.23. The number of piperazine rings is 1. The van der Waals surface area contributed by atoms with Crippen molar-refractivity contribution in [1.82, 2.24) is 29.4 Å². The van der Waals surface area contributed by atoms with Crippen LogP contribution in [-0.4, -0.2) is 74.6 Å². The van der Waals surface area contributed by atoms with Gasteiger partial charge in [0.25, 0.3) is 0 Å². The van der Waals surface area contributed by atoms with E-state index < -0.39 is 11.7 Å². The second-order valence-corrected chi connectivity index (χ2v) is 10.3. The monoisotopic (exact) mass is 566 g/mol. The Bertz CT molecular complexity index is 1570. The van der Waals surface area contributed by atoms with Crippen molar-refractivity contribution in [3.8, 4) is 6.01 Å². The molecule has 6 rings (SSSR count). The Morgan fingerprint density at radius 3 is 2.56 bits per heavy atom. The SMILES string of the molecule is COc1ncc(N2CCc3c(C(F)(F)F)ccc(N4CCN(C(=O)Cn5cnc6cccnc65)[C@H](C)C4)c3C2)cn1. The van der Waals surface area contributed by atoms with Crippen molar-refractivity contribution in [3.63, 3.8) is 0 Å². The van der Waals surface area contributed by atoms with Gasteiger partial charge >= 0.3 is 12.2 Å². The first-order valence-electron chi connectivity index (χ1n) is 13.4. The van der Waals surface area contributed by atoms with Crippen molar-refractivity contribution in [1.29, 1.82) is 0 Å². The molecule has 0 spiro atoms. The zero-order chi connectivity index (χ0) is 28.7. The Labute approximate surface area is 234 Å². The molecule has 1 fully saturated rings. The fourth-order valence-electron chi connectivity index (χ4n) is 5.82. The molecule has 0 aliphatic carbocycles. The molecule has 0 radical (unpaired) electrons. The number of aromatic nitrogens is 5. The van der Waals surface area contributed by atoms with Gasteiger partial charge in [0.2, 0.25) is 5.91 Å². The Kier molecular flexibility index (Phi) is 6.88. The second-order valence-electron chi connectivity index (χ2n) is 10.3. The van der Waals surface area contributed by atoms with Crippen LogP contribution in [0.4, 0.5) is 24.5 Å². The molecule has 2 aliphatic heterocycles. The fourth-order valence-corrected chi connectivity index (χ4v) is 5.82. The molecule has 214 valence electrons. The molecule has 3 aromatic heterocycles. The highest BCUT2D eigenvalue weighted by Gasteiger charge is 2.38. The molecule has 0 bridgehead atoms.